The van der Waals surface area contributed by atoms with Crippen LogP contribution in [0.25, 0.3) is 50.0 Å². The maximum Gasteiger partial charge on any atom is 0.146 e. The first-order chi connectivity index (χ1) is 25.7. The lowest BCUT2D eigenvalue weighted by atomic mass is 9.79. The molecule has 0 aliphatic carbocycles. The summed E-state index contributed by atoms with van der Waals surface area (Å²) in [4.78, 5) is 11.5. The van der Waals surface area contributed by atoms with Crippen LogP contribution in [0.4, 0.5) is 0 Å². The summed E-state index contributed by atoms with van der Waals surface area (Å²) in [5, 5.41) is 15.4. The molecule has 0 fully saturated rings. The molecule has 0 bridgehead atoms. The van der Waals surface area contributed by atoms with E-state index in [0.717, 1.165) is 59.9 Å². The number of pyridine rings is 2. The number of fused-ring (bicyclic) bond motifs is 3. The smallest absolute Gasteiger partial charge is 0.146 e. The van der Waals surface area contributed by atoms with Crippen LogP contribution in [-0.4, -0.2) is 19.6 Å². The van der Waals surface area contributed by atoms with Crippen molar-refractivity contribution in [2.24, 2.45) is 0 Å². The van der Waals surface area contributed by atoms with Crippen LogP contribution in [0, 0.1) is 0 Å². The maximum atomic E-state index is 12.3. The fourth-order valence-corrected chi connectivity index (χ4v) is 8.21. The van der Waals surface area contributed by atoms with Crippen LogP contribution in [0.1, 0.15) is 105 Å². The molecule has 7 aromatic rings. The number of aromatic hydroxyl groups is 1. The molecule has 3 aromatic heterocycles. The molecule has 4 aromatic carbocycles. The summed E-state index contributed by atoms with van der Waals surface area (Å²) in [5.74, 6) is 0.297. The van der Waals surface area contributed by atoms with Crippen LogP contribution < -0.4 is 0 Å². The maximum absolute atomic E-state index is 12.3. The highest BCUT2D eigenvalue weighted by Crippen LogP contribution is 2.45. The Morgan fingerprint density at radius 3 is 1.87 bits per heavy atom. The first-order valence-electron chi connectivity index (χ1n) is 19.4. The summed E-state index contributed by atoms with van der Waals surface area (Å²) in [6.07, 6.45) is 1.89. The summed E-state index contributed by atoms with van der Waals surface area (Å²) >= 11 is 1.66. The third-order valence-corrected chi connectivity index (χ3v) is 11.5. The highest BCUT2D eigenvalue weighted by atomic mass is 32.2. The van der Waals surface area contributed by atoms with E-state index in [1.807, 2.05) is 12.3 Å². The fraction of sp³-hybridized carbons (Fsp3) is 0.320. The normalized spacial score (nSPS) is 12.9. The molecule has 0 amide bonds. The second kappa shape index (κ2) is 13.7. The lowest BCUT2D eigenvalue weighted by molar-refractivity contribution is 0.442. The Morgan fingerprint density at radius 1 is 0.545 bits per heavy atom. The van der Waals surface area contributed by atoms with Gasteiger partial charge in [0.15, 0.2) is 0 Å². The zero-order valence-corrected chi connectivity index (χ0v) is 35.4. The second-order valence-corrected chi connectivity index (χ2v) is 20.2. The van der Waals surface area contributed by atoms with Gasteiger partial charge in [0.2, 0.25) is 0 Å². The Hall–Kier alpha value is -4.87. The van der Waals surface area contributed by atoms with Crippen molar-refractivity contribution in [2.45, 2.75) is 115 Å². The summed E-state index contributed by atoms with van der Waals surface area (Å²) in [7, 11) is 0. The van der Waals surface area contributed by atoms with E-state index in [0.29, 0.717) is 5.75 Å². The molecule has 7 rings (SSSR count). The minimum absolute atomic E-state index is 0.0376. The zero-order chi connectivity index (χ0) is 39.7. The van der Waals surface area contributed by atoms with Gasteiger partial charge in [0, 0.05) is 33.0 Å². The van der Waals surface area contributed by atoms with Crippen molar-refractivity contribution in [2.75, 3.05) is 0 Å². The third-order valence-electron chi connectivity index (χ3n) is 10.6. The molecular weight excluding hydrogens is 691 g/mol. The molecule has 1 N–H and O–H groups in total. The van der Waals surface area contributed by atoms with Crippen LogP contribution >= 0.6 is 11.8 Å². The van der Waals surface area contributed by atoms with Crippen LogP contribution in [0.5, 0.6) is 5.75 Å². The molecule has 0 aliphatic heterocycles. The van der Waals surface area contributed by atoms with Crippen LogP contribution in [0.2, 0.25) is 0 Å². The van der Waals surface area contributed by atoms with Gasteiger partial charge < -0.3 is 5.11 Å². The fourth-order valence-electron chi connectivity index (χ4n) is 7.33. The van der Waals surface area contributed by atoms with Gasteiger partial charge in [-0.1, -0.05) is 149 Å². The van der Waals surface area contributed by atoms with E-state index in [9.17, 15) is 5.11 Å². The molecule has 3 heterocycles. The lowest BCUT2D eigenvalue weighted by Crippen LogP contribution is -2.18. The molecule has 5 heteroatoms. The predicted octanol–water partition coefficient (Wildman–Crippen LogP) is 14.0. The van der Waals surface area contributed by atoms with Crippen LogP contribution in [0.3, 0.4) is 0 Å². The quantitative estimate of drug-likeness (QED) is 0.191. The van der Waals surface area contributed by atoms with Gasteiger partial charge in [-0.05, 0) is 98.0 Å². The molecule has 0 aliphatic rings. The Kier molecular flexibility index (Phi) is 9.57. The molecule has 0 saturated heterocycles. The monoisotopic (exact) mass is 745 g/mol. The zero-order valence-electron chi connectivity index (χ0n) is 34.6. The Labute approximate surface area is 332 Å². The highest BCUT2D eigenvalue weighted by Gasteiger charge is 2.30. The predicted molar refractivity (Wildman–Crippen MR) is 234 cm³/mol. The van der Waals surface area contributed by atoms with Gasteiger partial charge in [-0.25, -0.2) is 9.97 Å². The summed E-state index contributed by atoms with van der Waals surface area (Å²) in [6.45, 7) is 26.8. The van der Waals surface area contributed by atoms with Crippen molar-refractivity contribution in [1.82, 2.24) is 14.5 Å². The molecule has 0 atom stereocenters. The van der Waals surface area contributed by atoms with E-state index < -0.39 is 0 Å². The van der Waals surface area contributed by atoms with Gasteiger partial charge in [-0.2, -0.15) is 0 Å². The van der Waals surface area contributed by atoms with Gasteiger partial charge in [0.25, 0.3) is 0 Å². The standard InChI is InChI=1S/C50H55N3OS/c1-47(2,3)34-21-22-41-37(27-34)38-30-39(49(7,8)9)44(52-46(38)53(41)42-29-35(48(4,5)6)28-40(45(42)54)50(10,11)12)33-19-16-20-36(25-33)55-43-26-32(23-24-51-43)31-17-14-13-15-18-31/h13-30,54H,1-12H3. The number of phenolic OH excluding ortho intramolecular Hbond substituents is 1. The van der Waals surface area contributed by atoms with Crippen molar-refractivity contribution in [3.8, 4) is 33.8 Å². The number of phenols is 1. The number of hydrogen-bond donors (Lipinski definition) is 1. The van der Waals surface area contributed by atoms with Gasteiger partial charge in [-0.3, -0.25) is 4.57 Å². The molecule has 4 nitrogen and oxygen atoms in total. The number of hydrogen-bond acceptors (Lipinski definition) is 4. The summed E-state index contributed by atoms with van der Waals surface area (Å²) in [5.41, 5.74) is 10.8. The molecule has 0 radical (unpaired) electrons. The lowest BCUT2D eigenvalue weighted by Gasteiger charge is -2.28. The topological polar surface area (TPSA) is 50.9 Å². The van der Waals surface area contributed by atoms with Gasteiger partial charge >= 0.3 is 0 Å². The van der Waals surface area contributed by atoms with Gasteiger partial charge in [0.1, 0.15) is 16.4 Å². The van der Waals surface area contributed by atoms with Crippen molar-refractivity contribution in [3.63, 3.8) is 0 Å². The first-order valence-corrected chi connectivity index (χ1v) is 20.2. The van der Waals surface area contributed by atoms with E-state index in [2.05, 4.69) is 185 Å². The average molecular weight is 746 g/mol. The molecule has 55 heavy (non-hydrogen) atoms. The van der Waals surface area contributed by atoms with E-state index in [1.165, 1.54) is 22.3 Å². The molecular formula is C50H55N3OS. The molecule has 0 unspecified atom stereocenters. The van der Waals surface area contributed by atoms with Crippen molar-refractivity contribution < 1.29 is 5.11 Å². The largest absolute Gasteiger partial charge is 0.505 e. The van der Waals surface area contributed by atoms with Gasteiger partial charge in [-0.15, -0.1) is 0 Å². The highest BCUT2D eigenvalue weighted by molar-refractivity contribution is 7.99. The SMILES string of the molecule is CC(C)(C)c1cc(-n2c3ccc(C(C)(C)C)cc3c3cc(C(C)(C)C)c(-c4cccc(Sc5cc(-c6ccccc6)ccn5)c4)nc32)c(O)c(C(C)(C)C)c1. The third kappa shape index (κ3) is 7.56. The van der Waals surface area contributed by atoms with Crippen molar-refractivity contribution in [1.29, 1.82) is 0 Å². The van der Waals surface area contributed by atoms with Crippen LogP contribution in [-0.2, 0) is 21.7 Å². The second-order valence-electron chi connectivity index (χ2n) is 19.1. The Bertz CT molecular complexity index is 2550. The number of aromatic nitrogens is 3. The first kappa shape index (κ1) is 38.4. The number of rotatable bonds is 5. The van der Waals surface area contributed by atoms with E-state index in [4.69, 9.17) is 9.97 Å². The van der Waals surface area contributed by atoms with Crippen LogP contribution in [0.15, 0.2) is 119 Å². The minimum atomic E-state index is -0.274. The van der Waals surface area contributed by atoms with Crippen molar-refractivity contribution in [3.05, 3.63) is 132 Å². The molecule has 282 valence electrons. The Balaban J connectivity index is 1.49. The summed E-state index contributed by atoms with van der Waals surface area (Å²) in [6, 6.07) is 36.9. The molecule has 0 saturated carbocycles. The molecule has 0 spiro atoms. The average Bonchev–Trinajstić information content (AvgIpc) is 3.43. The van der Waals surface area contributed by atoms with E-state index >= 15 is 0 Å². The number of nitrogens with zero attached hydrogens (tertiary/aromatic N) is 3. The number of benzene rings is 4. The Morgan fingerprint density at radius 2 is 1.22 bits per heavy atom. The minimum Gasteiger partial charge on any atom is -0.505 e. The van der Waals surface area contributed by atoms with Gasteiger partial charge in [0.05, 0.1) is 16.9 Å². The van der Waals surface area contributed by atoms with E-state index in [1.54, 1.807) is 11.8 Å². The van der Waals surface area contributed by atoms with E-state index in [-0.39, 0.29) is 21.7 Å². The van der Waals surface area contributed by atoms with Crippen molar-refractivity contribution >= 4 is 33.7 Å². The summed E-state index contributed by atoms with van der Waals surface area (Å²) < 4.78 is 2.21.